The highest BCUT2D eigenvalue weighted by molar-refractivity contribution is 8.12. The lowest BCUT2D eigenvalue weighted by molar-refractivity contribution is -0.132. The van der Waals surface area contributed by atoms with E-state index in [0.717, 1.165) is 16.8 Å². The van der Waals surface area contributed by atoms with E-state index in [1.165, 1.54) is 11.8 Å². The van der Waals surface area contributed by atoms with Crippen LogP contribution in [0.25, 0.3) is 0 Å². The Hall–Kier alpha value is -2.27. The minimum atomic E-state index is -0.982. The first-order valence-electron chi connectivity index (χ1n) is 7.47. The Balaban J connectivity index is 1.74. The van der Waals surface area contributed by atoms with Crippen molar-refractivity contribution in [1.82, 2.24) is 0 Å². The van der Waals surface area contributed by atoms with Crippen molar-refractivity contribution in [2.45, 2.75) is 12.1 Å². The molecule has 1 atom stereocenters. The van der Waals surface area contributed by atoms with Crippen molar-refractivity contribution in [3.05, 3.63) is 65.7 Å². The zero-order chi connectivity index (χ0) is 15.9. The van der Waals surface area contributed by atoms with Crippen molar-refractivity contribution >= 4 is 28.6 Å². The molecule has 5 heteroatoms. The number of nitrogens with zero attached hydrogens (tertiary/aromatic N) is 2. The molecule has 0 saturated heterocycles. The van der Waals surface area contributed by atoms with Gasteiger partial charge in [-0.1, -0.05) is 60.3 Å². The van der Waals surface area contributed by atoms with E-state index in [-0.39, 0.29) is 5.91 Å². The number of amides is 1. The number of hydrogen-bond acceptors (Lipinski definition) is 4. The van der Waals surface area contributed by atoms with Crippen LogP contribution in [-0.4, -0.2) is 23.9 Å². The van der Waals surface area contributed by atoms with Crippen LogP contribution in [0.5, 0.6) is 0 Å². The summed E-state index contributed by atoms with van der Waals surface area (Å²) in [5.41, 5.74) is 1.94. The Kier molecular flexibility index (Phi) is 3.38. The summed E-state index contributed by atoms with van der Waals surface area (Å²) in [6.45, 7) is 0.890. The summed E-state index contributed by atoms with van der Waals surface area (Å²) >= 11 is 1.43. The predicted octanol–water partition coefficient (Wildman–Crippen LogP) is 3.18. The number of anilines is 1. The quantitative estimate of drug-likeness (QED) is 0.852. The van der Waals surface area contributed by atoms with Gasteiger partial charge in [-0.3, -0.25) is 4.79 Å². The average Bonchev–Trinajstić information content (AvgIpc) is 3.13. The van der Waals surface area contributed by atoms with Gasteiger partial charge in [0.2, 0.25) is 10.8 Å². The number of carbonyl (C=O) groups is 1. The summed E-state index contributed by atoms with van der Waals surface area (Å²) in [4.78, 5) is 19.4. The number of rotatable bonds is 2. The van der Waals surface area contributed by atoms with Gasteiger partial charge in [-0.05, 0) is 17.9 Å². The maximum absolute atomic E-state index is 13.2. The van der Waals surface area contributed by atoms with Gasteiger partial charge in [0.25, 0.3) is 5.91 Å². The van der Waals surface area contributed by atoms with Gasteiger partial charge in [-0.15, -0.1) is 0 Å². The number of hydrogen-bond donors (Lipinski definition) is 0. The van der Waals surface area contributed by atoms with Gasteiger partial charge in [0.05, 0.1) is 18.8 Å². The second-order valence-electron chi connectivity index (χ2n) is 5.61. The van der Waals surface area contributed by atoms with Gasteiger partial charge in [0.15, 0.2) is 0 Å². The van der Waals surface area contributed by atoms with Gasteiger partial charge in [-0.2, -0.15) is 0 Å². The average molecular weight is 324 g/mol. The smallest absolute Gasteiger partial charge is 0.278 e. The van der Waals surface area contributed by atoms with Crippen LogP contribution in [0, 0.1) is 0 Å². The number of para-hydroxylation sites is 1. The van der Waals surface area contributed by atoms with Crippen LogP contribution in [0.2, 0.25) is 0 Å². The van der Waals surface area contributed by atoms with E-state index >= 15 is 0 Å². The summed E-state index contributed by atoms with van der Waals surface area (Å²) in [6, 6.07) is 17.8. The van der Waals surface area contributed by atoms with E-state index in [1.807, 2.05) is 65.8 Å². The standard InChI is InChI=1S/C18H16N2O2S/c1-23-17-19-12-18(22-17)14-9-5-6-10-15(14)20(16(18)21)11-13-7-3-2-4-8-13/h2-10H,11-12H2,1H3. The molecule has 23 heavy (non-hydrogen) atoms. The third-order valence-electron chi connectivity index (χ3n) is 4.27. The van der Waals surface area contributed by atoms with Crippen LogP contribution in [0.4, 0.5) is 5.69 Å². The molecule has 0 aromatic heterocycles. The van der Waals surface area contributed by atoms with E-state index < -0.39 is 5.60 Å². The lowest BCUT2D eigenvalue weighted by Gasteiger charge is -2.23. The Morgan fingerprint density at radius 2 is 1.91 bits per heavy atom. The van der Waals surface area contributed by atoms with E-state index in [0.29, 0.717) is 18.3 Å². The number of fused-ring (bicyclic) bond motifs is 2. The minimum Gasteiger partial charge on any atom is -0.449 e. The highest BCUT2D eigenvalue weighted by atomic mass is 32.2. The molecule has 2 heterocycles. The maximum atomic E-state index is 13.2. The molecule has 1 unspecified atom stereocenters. The van der Waals surface area contributed by atoms with Crippen molar-refractivity contribution in [2.24, 2.45) is 4.99 Å². The van der Waals surface area contributed by atoms with E-state index in [4.69, 9.17) is 4.74 Å². The number of thioether (sulfide) groups is 1. The molecule has 4 nitrogen and oxygen atoms in total. The Bertz CT molecular complexity index is 791. The maximum Gasteiger partial charge on any atom is 0.278 e. The molecule has 0 N–H and O–H groups in total. The summed E-state index contributed by atoms with van der Waals surface area (Å²) in [5.74, 6) is -0.0321. The molecule has 0 aliphatic carbocycles. The Labute approximate surface area is 139 Å². The van der Waals surface area contributed by atoms with E-state index in [2.05, 4.69) is 4.99 Å². The lowest BCUT2D eigenvalue weighted by Crippen LogP contribution is -2.42. The van der Waals surface area contributed by atoms with Crippen molar-refractivity contribution in [3.63, 3.8) is 0 Å². The van der Waals surface area contributed by atoms with Crippen LogP contribution in [-0.2, 0) is 21.7 Å². The molecule has 1 spiro atoms. The van der Waals surface area contributed by atoms with Crippen molar-refractivity contribution < 1.29 is 9.53 Å². The number of carbonyl (C=O) groups excluding carboxylic acids is 1. The van der Waals surface area contributed by atoms with Crippen LogP contribution in [0.15, 0.2) is 59.6 Å². The first-order valence-corrected chi connectivity index (χ1v) is 8.70. The molecule has 0 bridgehead atoms. The fourth-order valence-corrected chi connectivity index (χ4v) is 3.58. The molecule has 2 aromatic rings. The largest absolute Gasteiger partial charge is 0.449 e. The Morgan fingerprint density at radius 3 is 2.65 bits per heavy atom. The minimum absolute atomic E-state index is 0.0321. The molecule has 1 amide bonds. The fraction of sp³-hybridized carbons (Fsp3) is 0.222. The van der Waals surface area contributed by atoms with Crippen LogP contribution < -0.4 is 4.90 Å². The fourth-order valence-electron chi connectivity index (χ4n) is 3.16. The normalized spacial score (nSPS) is 22.2. The topological polar surface area (TPSA) is 41.9 Å². The lowest BCUT2D eigenvalue weighted by atomic mass is 9.96. The van der Waals surface area contributed by atoms with Gasteiger partial charge in [-0.25, -0.2) is 4.99 Å². The highest BCUT2D eigenvalue weighted by Crippen LogP contribution is 2.46. The zero-order valence-corrected chi connectivity index (χ0v) is 13.5. The number of ether oxygens (including phenoxy) is 1. The number of aliphatic imine (C=N–C) groups is 1. The number of benzene rings is 2. The second kappa shape index (κ2) is 5.42. The van der Waals surface area contributed by atoms with Crippen LogP contribution >= 0.6 is 11.8 Å². The van der Waals surface area contributed by atoms with Crippen molar-refractivity contribution in [3.8, 4) is 0 Å². The molecule has 2 aliphatic heterocycles. The summed E-state index contributed by atoms with van der Waals surface area (Å²) in [7, 11) is 0. The van der Waals surface area contributed by atoms with Crippen molar-refractivity contribution in [1.29, 1.82) is 0 Å². The van der Waals surface area contributed by atoms with E-state index in [1.54, 1.807) is 0 Å². The molecule has 4 rings (SSSR count). The molecule has 0 saturated carbocycles. The van der Waals surface area contributed by atoms with Crippen LogP contribution in [0.3, 0.4) is 0 Å². The first-order chi connectivity index (χ1) is 11.2. The molecular formula is C18H16N2O2S. The monoisotopic (exact) mass is 324 g/mol. The molecular weight excluding hydrogens is 308 g/mol. The summed E-state index contributed by atoms with van der Waals surface area (Å²) < 4.78 is 5.99. The summed E-state index contributed by atoms with van der Waals surface area (Å²) in [5, 5.41) is 0.578. The predicted molar refractivity (Wildman–Crippen MR) is 92.7 cm³/mol. The van der Waals surface area contributed by atoms with Gasteiger partial charge in [0.1, 0.15) is 0 Å². The van der Waals surface area contributed by atoms with Crippen molar-refractivity contribution in [2.75, 3.05) is 17.7 Å². The highest BCUT2D eigenvalue weighted by Gasteiger charge is 2.55. The third-order valence-corrected chi connectivity index (χ3v) is 4.83. The third kappa shape index (κ3) is 2.15. The zero-order valence-electron chi connectivity index (χ0n) is 12.7. The van der Waals surface area contributed by atoms with Gasteiger partial charge >= 0.3 is 0 Å². The first kappa shape index (κ1) is 14.3. The summed E-state index contributed by atoms with van der Waals surface area (Å²) in [6.07, 6.45) is 1.91. The Morgan fingerprint density at radius 1 is 1.17 bits per heavy atom. The molecule has 0 radical (unpaired) electrons. The molecule has 116 valence electrons. The van der Waals surface area contributed by atoms with E-state index in [9.17, 15) is 4.79 Å². The SMILES string of the molecule is CSC1=NCC2(O1)C(=O)N(Cc1ccccc1)c1ccccc12. The molecule has 2 aliphatic rings. The molecule has 0 fully saturated rings. The second-order valence-corrected chi connectivity index (χ2v) is 6.37. The van der Waals surface area contributed by atoms with Gasteiger partial charge in [0, 0.05) is 5.56 Å². The van der Waals surface area contributed by atoms with Crippen LogP contribution in [0.1, 0.15) is 11.1 Å². The van der Waals surface area contributed by atoms with Gasteiger partial charge < -0.3 is 9.64 Å². The molecule has 2 aromatic carbocycles.